The Labute approximate surface area is 128 Å². The van der Waals surface area contributed by atoms with Gasteiger partial charge in [-0.15, -0.1) is 0 Å². The van der Waals surface area contributed by atoms with E-state index in [0.29, 0.717) is 0 Å². The van der Waals surface area contributed by atoms with E-state index in [1.165, 1.54) is 11.1 Å². The van der Waals surface area contributed by atoms with E-state index in [9.17, 15) is 0 Å². The minimum absolute atomic E-state index is 0.122. The van der Waals surface area contributed by atoms with Crippen molar-refractivity contribution in [1.29, 1.82) is 0 Å². The predicted molar refractivity (Wildman–Crippen MR) is 85.2 cm³/mol. The van der Waals surface area contributed by atoms with Crippen molar-refractivity contribution in [3.05, 3.63) is 35.3 Å². The fourth-order valence-electron chi connectivity index (χ4n) is 2.44. The van der Waals surface area contributed by atoms with Gasteiger partial charge in [-0.25, -0.2) is 0 Å². The van der Waals surface area contributed by atoms with Crippen LogP contribution in [-0.2, 0) is 17.8 Å². The fraction of sp³-hybridized carbons (Fsp3) is 0.647. The molecule has 118 valence electrons. The first-order chi connectivity index (χ1) is 9.98. The lowest BCUT2D eigenvalue weighted by molar-refractivity contribution is 0.206. The van der Waals surface area contributed by atoms with E-state index in [0.717, 1.165) is 45.0 Å². The summed E-state index contributed by atoms with van der Waals surface area (Å²) in [6.07, 6.45) is 5.16. The summed E-state index contributed by atoms with van der Waals surface area (Å²) in [5.41, 5.74) is 2.79. The molecule has 4 nitrogen and oxygen atoms in total. The molecule has 0 amide bonds. The van der Waals surface area contributed by atoms with Gasteiger partial charge in [0.05, 0.1) is 19.4 Å². The molecule has 2 rings (SSSR count). The second-order valence-corrected chi connectivity index (χ2v) is 6.75. The molecular formula is C17H28N2O2. The van der Waals surface area contributed by atoms with Gasteiger partial charge in [-0.2, -0.15) is 0 Å². The number of furan rings is 1. The first-order valence-corrected chi connectivity index (χ1v) is 7.67. The topological polar surface area (TPSA) is 37.6 Å². The van der Waals surface area contributed by atoms with Gasteiger partial charge < -0.3 is 14.5 Å². The van der Waals surface area contributed by atoms with Gasteiger partial charge in [0, 0.05) is 37.8 Å². The van der Waals surface area contributed by atoms with Crippen molar-refractivity contribution in [1.82, 2.24) is 10.2 Å². The van der Waals surface area contributed by atoms with E-state index in [-0.39, 0.29) is 5.54 Å². The number of hydrogen-bond donors (Lipinski definition) is 1. The van der Waals surface area contributed by atoms with Crippen molar-refractivity contribution in [3.63, 3.8) is 0 Å². The smallest absolute Gasteiger partial charge is 0.122 e. The molecule has 0 fully saturated rings. The zero-order chi connectivity index (χ0) is 15.3. The molecule has 0 aliphatic carbocycles. The highest BCUT2D eigenvalue weighted by atomic mass is 16.5. The van der Waals surface area contributed by atoms with E-state index >= 15 is 0 Å². The molecule has 1 aromatic heterocycles. The Hall–Kier alpha value is -1.10. The summed E-state index contributed by atoms with van der Waals surface area (Å²) in [7, 11) is 1.75. The Morgan fingerprint density at radius 3 is 2.81 bits per heavy atom. The number of nitrogens with one attached hydrogen (secondary N) is 1. The van der Waals surface area contributed by atoms with Gasteiger partial charge in [0.2, 0.25) is 0 Å². The summed E-state index contributed by atoms with van der Waals surface area (Å²) in [5.74, 6) is 1.08. The first kappa shape index (κ1) is 16.3. The van der Waals surface area contributed by atoms with Crippen molar-refractivity contribution in [2.45, 2.75) is 45.8 Å². The summed E-state index contributed by atoms with van der Waals surface area (Å²) >= 11 is 0. The third-order valence-corrected chi connectivity index (χ3v) is 3.73. The summed E-state index contributed by atoms with van der Waals surface area (Å²) < 4.78 is 10.9. The predicted octanol–water partition coefficient (Wildman–Crippen LogP) is 2.95. The second kappa shape index (κ2) is 7.25. The third-order valence-electron chi connectivity index (χ3n) is 3.73. The molecule has 4 heteroatoms. The molecule has 1 aliphatic heterocycles. The van der Waals surface area contributed by atoms with E-state index in [2.05, 4.69) is 43.1 Å². The van der Waals surface area contributed by atoms with Crippen LogP contribution in [0.1, 0.15) is 38.5 Å². The molecule has 1 aromatic rings. The number of rotatable bonds is 6. The molecule has 0 saturated carbocycles. The minimum atomic E-state index is 0.122. The van der Waals surface area contributed by atoms with E-state index < -0.39 is 0 Å². The molecule has 0 aromatic carbocycles. The zero-order valence-electron chi connectivity index (χ0n) is 13.7. The van der Waals surface area contributed by atoms with Gasteiger partial charge >= 0.3 is 0 Å². The molecule has 0 radical (unpaired) electrons. The summed E-state index contributed by atoms with van der Waals surface area (Å²) in [6.45, 7) is 11.1. The number of ether oxygens (including phenoxy) is 1. The van der Waals surface area contributed by atoms with Crippen molar-refractivity contribution in [2.75, 3.05) is 26.8 Å². The van der Waals surface area contributed by atoms with Crippen molar-refractivity contribution in [2.24, 2.45) is 0 Å². The average molecular weight is 292 g/mol. The van der Waals surface area contributed by atoms with Gasteiger partial charge in [-0.05, 0) is 38.8 Å². The van der Waals surface area contributed by atoms with Gasteiger partial charge in [-0.1, -0.05) is 6.08 Å². The monoisotopic (exact) mass is 292 g/mol. The van der Waals surface area contributed by atoms with Crippen LogP contribution >= 0.6 is 0 Å². The molecule has 0 unspecified atom stereocenters. The van der Waals surface area contributed by atoms with Crippen LogP contribution in [0.15, 0.2) is 28.4 Å². The zero-order valence-corrected chi connectivity index (χ0v) is 13.7. The van der Waals surface area contributed by atoms with E-state index in [1.54, 1.807) is 13.4 Å². The second-order valence-electron chi connectivity index (χ2n) is 6.75. The molecule has 1 N–H and O–H groups in total. The van der Waals surface area contributed by atoms with Crippen molar-refractivity contribution in [3.8, 4) is 0 Å². The Balaban J connectivity index is 1.88. The Morgan fingerprint density at radius 2 is 2.19 bits per heavy atom. The standard InChI is InChI=1S/C17H28N2O2/c1-17(2,3)18-11-15-7-10-21-16(15)12-19-8-5-14(6-9-19)13-20-4/h5,7,10,18H,6,8-9,11-13H2,1-4H3. The lowest BCUT2D eigenvalue weighted by Gasteiger charge is -2.26. The van der Waals surface area contributed by atoms with Crippen LogP contribution in [0.3, 0.4) is 0 Å². The largest absolute Gasteiger partial charge is 0.468 e. The van der Waals surface area contributed by atoms with Crippen LogP contribution in [0, 0.1) is 0 Å². The van der Waals surface area contributed by atoms with Crippen molar-refractivity contribution >= 4 is 0 Å². The normalized spacial score (nSPS) is 17.0. The maximum Gasteiger partial charge on any atom is 0.122 e. The highest BCUT2D eigenvalue weighted by Gasteiger charge is 2.16. The molecule has 0 bridgehead atoms. The molecule has 1 aliphatic rings. The lowest BCUT2D eigenvalue weighted by atomic mass is 10.1. The molecule has 0 spiro atoms. The summed E-state index contributed by atoms with van der Waals surface area (Å²) in [6, 6.07) is 2.07. The van der Waals surface area contributed by atoms with Crippen LogP contribution < -0.4 is 5.32 Å². The third kappa shape index (κ3) is 5.30. The fourth-order valence-corrected chi connectivity index (χ4v) is 2.44. The number of methoxy groups -OCH3 is 1. The molecule has 2 heterocycles. The van der Waals surface area contributed by atoms with Gasteiger partial charge in [0.1, 0.15) is 5.76 Å². The molecular weight excluding hydrogens is 264 g/mol. The number of hydrogen-bond acceptors (Lipinski definition) is 4. The van der Waals surface area contributed by atoms with Crippen molar-refractivity contribution < 1.29 is 9.15 Å². The molecule has 0 saturated heterocycles. The molecule has 0 atom stereocenters. The highest BCUT2D eigenvalue weighted by molar-refractivity contribution is 5.18. The van der Waals surface area contributed by atoms with Crippen LogP contribution in [0.4, 0.5) is 0 Å². The summed E-state index contributed by atoms with van der Waals surface area (Å²) in [4.78, 5) is 2.42. The highest BCUT2D eigenvalue weighted by Crippen LogP contribution is 2.18. The number of nitrogens with zero attached hydrogens (tertiary/aromatic N) is 1. The van der Waals surface area contributed by atoms with E-state index in [4.69, 9.17) is 9.15 Å². The maximum absolute atomic E-state index is 5.68. The first-order valence-electron chi connectivity index (χ1n) is 7.67. The van der Waals surface area contributed by atoms with E-state index in [1.807, 2.05) is 0 Å². The maximum atomic E-state index is 5.68. The lowest BCUT2D eigenvalue weighted by Crippen LogP contribution is -2.35. The van der Waals surface area contributed by atoms with Gasteiger partial charge in [0.25, 0.3) is 0 Å². The minimum Gasteiger partial charge on any atom is -0.468 e. The average Bonchev–Trinajstić information content (AvgIpc) is 2.86. The summed E-state index contributed by atoms with van der Waals surface area (Å²) in [5, 5.41) is 3.52. The van der Waals surface area contributed by atoms with Crippen LogP contribution in [-0.4, -0.2) is 37.2 Å². The Morgan fingerprint density at radius 1 is 1.38 bits per heavy atom. The molecule has 21 heavy (non-hydrogen) atoms. The SMILES string of the molecule is COCC1=CCN(Cc2occc2CNC(C)(C)C)CC1. The van der Waals surface area contributed by atoms with Crippen LogP contribution in [0.2, 0.25) is 0 Å². The Kier molecular flexibility index (Phi) is 5.62. The van der Waals surface area contributed by atoms with Crippen LogP contribution in [0.5, 0.6) is 0 Å². The Bertz CT molecular complexity index is 471. The van der Waals surface area contributed by atoms with Gasteiger partial charge in [-0.3, -0.25) is 4.90 Å². The van der Waals surface area contributed by atoms with Gasteiger partial charge in [0.15, 0.2) is 0 Å². The van der Waals surface area contributed by atoms with Crippen LogP contribution in [0.25, 0.3) is 0 Å². The quantitative estimate of drug-likeness (QED) is 0.818.